The van der Waals surface area contributed by atoms with E-state index in [4.69, 9.17) is 4.74 Å². The highest BCUT2D eigenvalue weighted by Gasteiger charge is 2.12. The fourth-order valence-electron chi connectivity index (χ4n) is 2.26. The summed E-state index contributed by atoms with van der Waals surface area (Å²) in [6.07, 6.45) is 2.29. The number of carbonyl (C=O) groups is 1. The van der Waals surface area contributed by atoms with Crippen molar-refractivity contribution in [2.24, 2.45) is 5.10 Å². The Kier molecular flexibility index (Phi) is 6.87. The summed E-state index contributed by atoms with van der Waals surface area (Å²) < 4.78 is 5.40. The third-order valence-corrected chi connectivity index (χ3v) is 4.03. The molecule has 2 rings (SSSR count). The van der Waals surface area contributed by atoms with Crippen molar-refractivity contribution in [2.75, 3.05) is 6.61 Å². The highest BCUT2D eigenvalue weighted by molar-refractivity contribution is 5.84. The normalized spacial score (nSPS) is 11.9. The average molecular weight is 371 g/mol. The average Bonchev–Trinajstić information content (AvgIpc) is 2.67. The topological polar surface area (TPSA) is 114 Å². The van der Waals surface area contributed by atoms with Gasteiger partial charge in [0, 0.05) is 11.6 Å². The molecule has 0 aliphatic heterocycles. The van der Waals surface area contributed by atoms with Gasteiger partial charge in [0.1, 0.15) is 5.75 Å². The number of aromatic hydroxyl groups is 1. The lowest BCUT2D eigenvalue weighted by atomic mass is 9.99. The summed E-state index contributed by atoms with van der Waals surface area (Å²) in [6, 6.07) is 11.3. The van der Waals surface area contributed by atoms with E-state index in [1.54, 1.807) is 0 Å². The fourth-order valence-corrected chi connectivity index (χ4v) is 2.26. The van der Waals surface area contributed by atoms with E-state index < -0.39 is 22.3 Å². The van der Waals surface area contributed by atoms with Crippen molar-refractivity contribution in [3.8, 4) is 11.5 Å². The van der Waals surface area contributed by atoms with E-state index in [0.717, 1.165) is 12.5 Å². The molecule has 0 aliphatic rings. The Bertz CT molecular complexity index is 834. The standard InChI is InChI=1S/C19H21N3O5/c1-3-13(2)15-5-7-16(8-6-15)27-12-19(24)21-20-11-14-4-9-18(23)17(10-14)22(25)26/h4-11,13,23H,3,12H2,1-2H3,(H,21,24)/b20-11-. The van der Waals surface area contributed by atoms with Gasteiger partial charge in [0.25, 0.3) is 5.91 Å². The van der Waals surface area contributed by atoms with Crippen molar-refractivity contribution in [3.63, 3.8) is 0 Å². The van der Waals surface area contributed by atoms with Crippen molar-refractivity contribution in [1.82, 2.24) is 5.43 Å². The van der Waals surface area contributed by atoms with E-state index in [1.165, 1.54) is 23.9 Å². The number of phenolic OH excluding ortho intramolecular Hbond substituents is 1. The Morgan fingerprint density at radius 2 is 2.04 bits per heavy atom. The van der Waals surface area contributed by atoms with Crippen molar-refractivity contribution in [1.29, 1.82) is 0 Å². The Morgan fingerprint density at radius 1 is 1.33 bits per heavy atom. The maximum atomic E-state index is 11.8. The summed E-state index contributed by atoms with van der Waals surface area (Å²) in [4.78, 5) is 21.8. The Morgan fingerprint density at radius 3 is 2.67 bits per heavy atom. The quantitative estimate of drug-likeness (QED) is 0.420. The van der Waals surface area contributed by atoms with Gasteiger partial charge >= 0.3 is 5.69 Å². The number of carbonyl (C=O) groups excluding carboxylic acids is 1. The van der Waals surface area contributed by atoms with Gasteiger partial charge in [-0.05, 0) is 42.2 Å². The number of phenols is 1. The highest BCUT2D eigenvalue weighted by Crippen LogP contribution is 2.25. The lowest BCUT2D eigenvalue weighted by molar-refractivity contribution is -0.385. The molecular weight excluding hydrogens is 350 g/mol. The van der Waals surface area contributed by atoms with E-state index in [0.29, 0.717) is 17.2 Å². The van der Waals surface area contributed by atoms with Crippen LogP contribution in [0.1, 0.15) is 37.3 Å². The van der Waals surface area contributed by atoms with E-state index in [-0.39, 0.29) is 6.61 Å². The number of rotatable bonds is 8. The van der Waals surface area contributed by atoms with Gasteiger partial charge in [-0.3, -0.25) is 14.9 Å². The molecule has 0 fully saturated rings. The first-order valence-electron chi connectivity index (χ1n) is 8.42. The number of hydrazone groups is 1. The van der Waals surface area contributed by atoms with Gasteiger partial charge in [-0.15, -0.1) is 0 Å². The number of hydrogen-bond donors (Lipinski definition) is 2. The largest absolute Gasteiger partial charge is 0.502 e. The molecule has 0 saturated carbocycles. The molecule has 1 atom stereocenters. The summed E-state index contributed by atoms with van der Waals surface area (Å²) in [6.45, 7) is 4.05. The smallest absolute Gasteiger partial charge is 0.311 e. The molecule has 142 valence electrons. The van der Waals surface area contributed by atoms with E-state index in [1.807, 2.05) is 24.3 Å². The second-order valence-electron chi connectivity index (χ2n) is 5.97. The van der Waals surface area contributed by atoms with Gasteiger partial charge in [-0.2, -0.15) is 5.10 Å². The molecule has 0 radical (unpaired) electrons. The van der Waals surface area contributed by atoms with Gasteiger partial charge in [0.2, 0.25) is 0 Å². The third-order valence-electron chi connectivity index (χ3n) is 4.03. The number of nitrogens with one attached hydrogen (secondary N) is 1. The number of benzene rings is 2. The lowest BCUT2D eigenvalue weighted by Crippen LogP contribution is -2.24. The van der Waals surface area contributed by atoms with Crippen LogP contribution in [0.2, 0.25) is 0 Å². The summed E-state index contributed by atoms with van der Waals surface area (Å²) in [5.41, 5.74) is 3.41. The lowest BCUT2D eigenvalue weighted by Gasteiger charge is -2.10. The molecule has 0 saturated heterocycles. The monoisotopic (exact) mass is 371 g/mol. The minimum atomic E-state index is -0.703. The van der Waals surface area contributed by atoms with Crippen LogP contribution < -0.4 is 10.2 Å². The van der Waals surface area contributed by atoms with Crippen LogP contribution in [-0.4, -0.2) is 28.8 Å². The van der Waals surface area contributed by atoms with Crippen LogP contribution in [0.3, 0.4) is 0 Å². The molecule has 0 aromatic heterocycles. The van der Waals surface area contributed by atoms with E-state index >= 15 is 0 Å². The molecule has 8 heteroatoms. The fraction of sp³-hybridized carbons (Fsp3) is 0.263. The molecule has 27 heavy (non-hydrogen) atoms. The number of ether oxygens (including phenoxy) is 1. The highest BCUT2D eigenvalue weighted by atomic mass is 16.6. The molecule has 1 amide bonds. The van der Waals surface area contributed by atoms with E-state index in [9.17, 15) is 20.0 Å². The van der Waals surface area contributed by atoms with Crippen molar-refractivity contribution in [3.05, 3.63) is 63.7 Å². The zero-order valence-electron chi connectivity index (χ0n) is 15.1. The maximum absolute atomic E-state index is 11.8. The van der Waals surface area contributed by atoms with Crippen LogP contribution in [-0.2, 0) is 4.79 Å². The van der Waals surface area contributed by atoms with E-state index in [2.05, 4.69) is 24.4 Å². The maximum Gasteiger partial charge on any atom is 0.311 e. The van der Waals surface area contributed by atoms with Gasteiger partial charge in [0.05, 0.1) is 11.1 Å². The van der Waals surface area contributed by atoms with Crippen LogP contribution in [0, 0.1) is 10.1 Å². The van der Waals surface area contributed by atoms with Crippen molar-refractivity contribution >= 4 is 17.8 Å². The van der Waals surface area contributed by atoms with Crippen LogP contribution in [0.25, 0.3) is 0 Å². The van der Waals surface area contributed by atoms with Crippen molar-refractivity contribution < 1.29 is 19.6 Å². The number of hydrogen-bond acceptors (Lipinski definition) is 6. The van der Waals surface area contributed by atoms with Crippen LogP contribution in [0.4, 0.5) is 5.69 Å². The first-order chi connectivity index (χ1) is 12.9. The molecule has 2 aromatic rings. The second kappa shape index (κ2) is 9.33. The molecule has 0 spiro atoms. The summed E-state index contributed by atoms with van der Waals surface area (Å²) in [5.74, 6) is 0.141. The van der Waals surface area contributed by atoms with Crippen LogP contribution in [0.15, 0.2) is 47.6 Å². The predicted molar refractivity (Wildman–Crippen MR) is 101 cm³/mol. The second-order valence-corrected chi connectivity index (χ2v) is 5.97. The molecule has 2 aromatic carbocycles. The number of nitro benzene ring substituents is 1. The Hall–Kier alpha value is -3.42. The zero-order valence-corrected chi connectivity index (χ0v) is 15.1. The number of nitrogens with zero attached hydrogens (tertiary/aromatic N) is 2. The molecule has 0 heterocycles. The first-order valence-corrected chi connectivity index (χ1v) is 8.42. The Balaban J connectivity index is 1.85. The molecule has 0 bridgehead atoms. The first kappa shape index (κ1) is 19.9. The third kappa shape index (κ3) is 5.81. The van der Waals surface area contributed by atoms with Crippen LogP contribution in [0.5, 0.6) is 11.5 Å². The zero-order chi connectivity index (χ0) is 19.8. The number of nitro groups is 1. The molecule has 8 nitrogen and oxygen atoms in total. The van der Waals surface area contributed by atoms with Gasteiger partial charge in [-0.25, -0.2) is 5.43 Å². The van der Waals surface area contributed by atoms with Crippen molar-refractivity contribution in [2.45, 2.75) is 26.2 Å². The summed E-state index contributed by atoms with van der Waals surface area (Å²) >= 11 is 0. The number of amides is 1. The van der Waals surface area contributed by atoms with Crippen LogP contribution >= 0.6 is 0 Å². The molecular formula is C19H21N3O5. The molecule has 2 N–H and O–H groups in total. The molecule has 0 aliphatic carbocycles. The summed E-state index contributed by atoms with van der Waals surface area (Å²) in [7, 11) is 0. The minimum absolute atomic E-state index is 0.213. The van der Waals surface area contributed by atoms with Gasteiger partial charge < -0.3 is 9.84 Å². The van der Waals surface area contributed by atoms with Gasteiger partial charge in [0.15, 0.2) is 12.4 Å². The SMILES string of the molecule is CCC(C)c1ccc(OCC(=O)N/N=C\c2ccc(O)c([N+](=O)[O-])c2)cc1. The molecule has 1 unspecified atom stereocenters. The van der Waals surface area contributed by atoms with Gasteiger partial charge in [-0.1, -0.05) is 26.0 Å². The minimum Gasteiger partial charge on any atom is -0.502 e. The summed E-state index contributed by atoms with van der Waals surface area (Å²) in [5, 5.41) is 23.9. The predicted octanol–water partition coefficient (Wildman–Crippen LogP) is 3.34. The Labute approximate surface area is 156 Å².